The van der Waals surface area contributed by atoms with Gasteiger partial charge in [0.05, 0.1) is 5.92 Å². The van der Waals surface area contributed by atoms with Crippen LogP contribution in [0.3, 0.4) is 0 Å². The molecule has 0 aromatic rings. The van der Waals surface area contributed by atoms with Crippen LogP contribution in [0.2, 0.25) is 0 Å². The van der Waals surface area contributed by atoms with E-state index >= 15 is 0 Å². The van der Waals surface area contributed by atoms with Crippen molar-refractivity contribution in [2.45, 2.75) is 13.3 Å². The molecule has 0 spiro atoms. The number of likely N-dealkylation sites (tertiary alicyclic amines) is 1. The highest BCUT2D eigenvalue weighted by Crippen LogP contribution is 2.22. The Balaban J connectivity index is 2.56. The Morgan fingerprint density at radius 1 is 1.54 bits per heavy atom. The summed E-state index contributed by atoms with van der Waals surface area (Å²) in [7, 11) is 0. The summed E-state index contributed by atoms with van der Waals surface area (Å²) in [5, 5.41) is 8.80. The van der Waals surface area contributed by atoms with Gasteiger partial charge in [-0.2, -0.15) is 0 Å². The van der Waals surface area contributed by atoms with Gasteiger partial charge in [-0.3, -0.25) is 4.79 Å². The molecule has 2 atom stereocenters. The fraction of sp³-hybridized carbons (Fsp3) is 0.750. The van der Waals surface area contributed by atoms with Crippen LogP contribution in [0.5, 0.6) is 0 Å². The number of carbonyl (C=O) groups excluding carboxylic acids is 1. The molecule has 1 heterocycles. The molecule has 0 aliphatic carbocycles. The minimum atomic E-state index is -0.781. The van der Waals surface area contributed by atoms with E-state index in [4.69, 9.17) is 10.8 Å². The number of hydrogen-bond donors (Lipinski definition) is 2. The maximum Gasteiger partial charge on any atom is 0.314 e. The molecule has 1 aliphatic heterocycles. The standard InChI is InChI=1S/C8H14N2O3/c1-5-4-10(8(9)13)3-2-6(5)7(11)12/h5-6H,2-4H2,1H3,(H2,9,13)(H,11,12). The fourth-order valence-electron chi connectivity index (χ4n) is 1.71. The molecule has 0 aromatic carbocycles. The number of primary amides is 1. The lowest BCUT2D eigenvalue weighted by Gasteiger charge is -2.33. The van der Waals surface area contributed by atoms with Crippen molar-refractivity contribution in [3.8, 4) is 0 Å². The number of urea groups is 1. The van der Waals surface area contributed by atoms with Crippen LogP contribution in [-0.2, 0) is 4.79 Å². The van der Waals surface area contributed by atoms with Crippen LogP contribution < -0.4 is 5.73 Å². The van der Waals surface area contributed by atoms with Gasteiger partial charge in [0.15, 0.2) is 0 Å². The normalized spacial score (nSPS) is 28.5. The Bertz CT molecular complexity index is 229. The Morgan fingerprint density at radius 2 is 2.15 bits per heavy atom. The quantitative estimate of drug-likeness (QED) is 0.609. The highest BCUT2D eigenvalue weighted by atomic mass is 16.4. The van der Waals surface area contributed by atoms with Gasteiger partial charge in [-0.25, -0.2) is 4.79 Å². The van der Waals surface area contributed by atoms with E-state index in [1.54, 1.807) is 0 Å². The smallest absolute Gasteiger partial charge is 0.314 e. The summed E-state index contributed by atoms with van der Waals surface area (Å²) >= 11 is 0. The number of nitrogens with zero attached hydrogens (tertiary/aromatic N) is 1. The van der Waals surface area contributed by atoms with Crippen LogP contribution in [-0.4, -0.2) is 35.1 Å². The first-order valence-electron chi connectivity index (χ1n) is 4.29. The van der Waals surface area contributed by atoms with Crippen LogP contribution in [0.4, 0.5) is 4.79 Å². The third-order valence-electron chi connectivity index (χ3n) is 2.53. The first-order chi connectivity index (χ1) is 6.02. The number of aliphatic carboxylic acids is 1. The second-order valence-corrected chi connectivity index (χ2v) is 3.49. The predicted molar refractivity (Wildman–Crippen MR) is 46.1 cm³/mol. The van der Waals surface area contributed by atoms with Gasteiger partial charge in [0.2, 0.25) is 0 Å². The van der Waals surface area contributed by atoms with E-state index in [0.29, 0.717) is 19.5 Å². The van der Waals surface area contributed by atoms with E-state index in [0.717, 1.165) is 0 Å². The SMILES string of the molecule is CC1CN(C(N)=O)CCC1C(=O)O. The number of rotatable bonds is 1. The summed E-state index contributed by atoms with van der Waals surface area (Å²) in [5.41, 5.74) is 5.09. The molecular formula is C8H14N2O3. The average molecular weight is 186 g/mol. The number of amides is 2. The van der Waals surface area contributed by atoms with Crippen molar-refractivity contribution < 1.29 is 14.7 Å². The maximum atomic E-state index is 10.8. The van der Waals surface area contributed by atoms with Gasteiger partial charge >= 0.3 is 12.0 Å². The number of hydrogen-bond acceptors (Lipinski definition) is 2. The Morgan fingerprint density at radius 3 is 2.54 bits per heavy atom. The zero-order chi connectivity index (χ0) is 10.0. The van der Waals surface area contributed by atoms with Crippen molar-refractivity contribution in [1.29, 1.82) is 0 Å². The molecule has 0 saturated carbocycles. The molecule has 3 N–H and O–H groups in total. The van der Waals surface area contributed by atoms with Crippen molar-refractivity contribution >= 4 is 12.0 Å². The first-order valence-corrected chi connectivity index (χ1v) is 4.29. The monoisotopic (exact) mass is 186 g/mol. The van der Waals surface area contributed by atoms with Crippen molar-refractivity contribution in [3.05, 3.63) is 0 Å². The summed E-state index contributed by atoms with van der Waals surface area (Å²) in [5.74, 6) is -1.13. The molecule has 5 nitrogen and oxygen atoms in total. The van der Waals surface area contributed by atoms with Crippen LogP contribution in [0.15, 0.2) is 0 Å². The highest BCUT2D eigenvalue weighted by Gasteiger charge is 2.32. The Kier molecular flexibility index (Phi) is 2.75. The van der Waals surface area contributed by atoms with Crippen LogP contribution in [0.1, 0.15) is 13.3 Å². The molecule has 0 radical (unpaired) electrons. The third-order valence-corrected chi connectivity index (χ3v) is 2.53. The molecule has 1 aliphatic rings. The number of piperidine rings is 1. The molecule has 74 valence electrons. The molecule has 0 aromatic heterocycles. The highest BCUT2D eigenvalue weighted by molar-refractivity contribution is 5.74. The van der Waals surface area contributed by atoms with Gasteiger partial charge < -0.3 is 15.7 Å². The lowest BCUT2D eigenvalue weighted by molar-refractivity contribution is -0.145. The van der Waals surface area contributed by atoms with E-state index in [1.165, 1.54) is 4.90 Å². The molecule has 2 unspecified atom stereocenters. The molecule has 1 rings (SSSR count). The zero-order valence-corrected chi connectivity index (χ0v) is 7.56. The number of nitrogens with two attached hydrogens (primary N) is 1. The van der Waals surface area contributed by atoms with Crippen molar-refractivity contribution in [3.63, 3.8) is 0 Å². The Hall–Kier alpha value is -1.26. The van der Waals surface area contributed by atoms with Crippen LogP contribution >= 0.6 is 0 Å². The topological polar surface area (TPSA) is 83.6 Å². The summed E-state index contributed by atoms with van der Waals surface area (Å²) in [6.45, 7) is 2.73. The van der Waals surface area contributed by atoms with Crippen molar-refractivity contribution in [2.75, 3.05) is 13.1 Å². The lowest BCUT2D eigenvalue weighted by atomic mass is 9.87. The lowest BCUT2D eigenvalue weighted by Crippen LogP contribution is -2.47. The van der Waals surface area contributed by atoms with Gasteiger partial charge in [0.25, 0.3) is 0 Å². The van der Waals surface area contributed by atoms with Gasteiger partial charge in [0, 0.05) is 13.1 Å². The van der Waals surface area contributed by atoms with Crippen LogP contribution in [0, 0.1) is 11.8 Å². The van der Waals surface area contributed by atoms with Gasteiger partial charge in [0.1, 0.15) is 0 Å². The second kappa shape index (κ2) is 3.64. The van der Waals surface area contributed by atoms with E-state index in [-0.39, 0.29) is 11.8 Å². The average Bonchev–Trinajstić information content (AvgIpc) is 2.03. The fourth-order valence-corrected chi connectivity index (χ4v) is 1.71. The van der Waals surface area contributed by atoms with Crippen LogP contribution in [0.25, 0.3) is 0 Å². The molecule has 5 heteroatoms. The van der Waals surface area contributed by atoms with Gasteiger partial charge in [-0.1, -0.05) is 6.92 Å². The molecule has 2 amide bonds. The predicted octanol–water partition coefficient (Wildman–Crippen LogP) is 0.108. The van der Waals surface area contributed by atoms with E-state index in [2.05, 4.69) is 0 Å². The summed E-state index contributed by atoms with van der Waals surface area (Å²) in [4.78, 5) is 23.0. The zero-order valence-electron chi connectivity index (χ0n) is 7.56. The number of carboxylic acid groups (broad SMARTS) is 1. The third kappa shape index (κ3) is 2.11. The summed E-state index contributed by atoms with van der Waals surface area (Å²) in [6, 6.07) is -0.462. The number of carbonyl (C=O) groups is 2. The largest absolute Gasteiger partial charge is 0.481 e. The van der Waals surface area contributed by atoms with Crippen molar-refractivity contribution in [1.82, 2.24) is 4.90 Å². The van der Waals surface area contributed by atoms with Crippen molar-refractivity contribution in [2.24, 2.45) is 17.6 Å². The van der Waals surface area contributed by atoms with Gasteiger partial charge in [-0.15, -0.1) is 0 Å². The first kappa shape index (κ1) is 9.83. The molecular weight excluding hydrogens is 172 g/mol. The van der Waals surface area contributed by atoms with Gasteiger partial charge in [-0.05, 0) is 12.3 Å². The molecule has 1 fully saturated rings. The minimum absolute atomic E-state index is 0.0150. The van der Waals surface area contributed by atoms with E-state index in [9.17, 15) is 9.59 Å². The van der Waals surface area contributed by atoms with E-state index < -0.39 is 12.0 Å². The maximum absolute atomic E-state index is 10.8. The molecule has 13 heavy (non-hydrogen) atoms. The molecule has 1 saturated heterocycles. The second-order valence-electron chi connectivity index (χ2n) is 3.49. The minimum Gasteiger partial charge on any atom is -0.481 e. The number of carboxylic acids is 1. The van der Waals surface area contributed by atoms with E-state index in [1.807, 2.05) is 6.92 Å². The molecule has 0 bridgehead atoms. The Labute approximate surface area is 76.5 Å². The summed E-state index contributed by atoms with van der Waals surface area (Å²) in [6.07, 6.45) is 0.499. The summed E-state index contributed by atoms with van der Waals surface area (Å²) < 4.78 is 0.